The lowest BCUT2D eigenvalue weighted by molar-refractivity contribution is 0.0513. The van der Waals surface area contributed by atoms with Gasteiger partial charge < -0.3 is 14.7 Å². The highest BCUT2D eigenvalue weighted by Crippen LogP contribution is 2.19. The molecule has 0 aromatic heterocycles. The summed E-state index contributed by atoms with van der Waals surface area (Å²) in [7, 11) is 1.80. The zero-order chi connectivity index (χ0) is 14.4. The maximum Gasteiger partial charge on any atom is 0.164 e. The number of aliphatic hydroxyl groups excluding tert-OH is 1. The van der Waals surface area contributed by atoms with Gasteiger partial charge in [-0.15, -0.1) is 0 Å². The van der Waals surface area contributed by atoms with Crippen molar-refractivity contribution in [2.75, 3.05) is 26.7 Å². The summed E-state index contributed by atoms with van der Waals surface area (Å²) < 4.78 is 31.9. The molecule has 0 aliphatic carbocycles. The van der Waals surface area contributed by atoms with Crippen molar-refractivity contribution in [1.82, 2.24) is 4.90 Å². The van der Waals surface area contributed by atoms with Gasteiger partial charge in [0.25, 0.3) is 0 Å². The lowest BCUT2D eigenvalue weighted by Gasteiger charge is -2.21. The number of hydrogen-bond donors (Lipinski definition) is 1. The molecule has 1 N–H and O–H groups in total. The number of ether oxygens (including phenoxy) is 1. The molecule has 0 saturated heterocycles. The molecule has 0 aliphatic heterocycles. The Kier molecular flexibility index (Phi) is 6.34. The molecular formula is C14H21F2NO2. The molecule has 0 spiro atoms. The zero-order valence-electron chi connectivity index (χ0n) is 11.6. The molecule has 0 amide bonds. The van der Waals surface area contributed by atoms with Crippen molar-refractivity contribution in [2.45, 2.75) is 26.1 Å². The molecule has 0 fully saturated rings. The van der Waals surface area contributed by atoms with Crippen LogP contribution in [0.1, 0.15) is 25.5 Å². The van der Waals surface area contributed by atoms with Crippen LogP contribution in [-0.2, 0) is 4.74 Å². The van der Waals surface area contributed by atoms with Crippen molar-refractivity contribution in [3.63, 3.8) is 0 Å². The predicted octanol–water partition coefficient (Wildman–Crippen LogP) is 2.36. The molecule has 0 radical (unpaired) electrons. The van der Waals surface area contributed by atoms with E-state index >= 15 is 0 Å². The minimum atomic E-state index is -1.06. The van der Waals surface area contributed by atoms with Crippen LogP contribution in [0.4, 0.5) is 8.78 Å². The first-order valence-corrected chi connectivity index (χ1v) is 6.34. The maximum absolute atomic E-state index is 13.5. The third-order valence-corrected chi connectivity index (χ3v) is 2.75. The largest absolute Gasteiger partial charge is 0.387 e. The van der Waals surface area contributed by atoms with Crippen molar-refractivity contribution >= 4 is 0 Å². The van der Waals surface area contributed by atoms with Gasteiger partial charge >= 0.3 is 0 Å². The van der Waals surface area contributed by atoms with Gasteiger partial charge in [0.2, 0.25) is 0 Å². The Morgan fingerprint density at radius 1 is 1.32 bits per heavy atom. The molecule has 5 heteroatoms. The monoisotopic (exact) mass is 273 g/mol. The van der Waals surface area contributed by atoms with Crippen LogP contribution in [-0.4, -0.2) is 42.9 Å². The maximum atomic E-state index is 13.5. The van der Waals surface area contributed by atoms with Crippen molar-refractivity contribution in [2.24, 2.45) is 0 Å². The van der Waals surface area contributed by atoms with Crippen LogP contribution in [0, 0.1) is 11.6 Å². The fourth-order valence-electron chi connectivity index (χ4n) is 1.71. The quantitative estimate of drug-likeness (QED) is 0.828. The highest BCUT2D eigenvalue weighted by atomic mass is 19.2. The summed E-state index contributed by atoms with van der Waals surface area (Å²) in [6.07, 6.45) is -0.904. The molecule has 0 bridgehead atoms. The third kappa shape index (κ3) is 5.22. The van der Waals surface area contributed by atoms with E-state index in [0.29, 0.717) is 13.2 Å². The summed E-state index contributed by atoms with van der Waals surface area (Å²) in [5.41, 5.74) is -0.0170. The second kappa shape index (κ2) is 7.53. The Balaban J connectivity index is 2.50. The second-order valence-electron chi connectivity index (χ2n) is 4.84. The van der Waals surface area contributed by atoms with Gasteiger partial charge in [0, 0.05) is 18.7 Å². The molecule has 1 aromatic rings. The average Bonchev–Trinajstić information content (AvgIpc) is 2.31. The Bertz CT molecular complexity index is 399. The van der Waals surface area contributed by atoms with E-state index in [0.717, 1.165) is 6.07 Å². The molecule has 19 heavy (non-hydrogen) atoms. The molecule has 1 unspecified atom stereocenters. The minimum Gasteiger partial charge on any atom is -0.387 e. The summed E-state index contributed by atoms with van der Waals surface area (Å²) in [5, 5.41) is 9.92. The first-order valence-electron chi connectivity index (χ1n) is 6.34. The van der Waals surface area contributed by atoms with E-state index in [9.17, 15) is 13.9 Å². The SMILES string of the molecule is CC(C)OCCN(C)CC(O)c1cccc(F)c1F. The van der Waals surface area contributed by atoms with Gasteiger partial charge in [-0.3, -0.25) is 0 Å². The fourth-order valence-corrected chi connectivity index (χ4v) is 1.71. The van der Waals surface area contributed by atoms with Gasteiger partial charge in [0.15, 0.2) is 11.6 Å². The molecule has 3 nitrogen and oxygen atoms in total. The van der Waals surface area contributed by atoms with Crippen molar-refractivity contribution in [3.8, 4) is 0 Å². The van der Waals surface area contributed by atoms with Gasteiger partial charge in [-0.25, -0.2) is 8.78 Å². The minimum absolute atomic E-state index is 0.0170. The Morgan fingerprint density at radius 2 is 2.00 bits per heavy atom. The van der Waals surface area contributed by atoms with Gasteiger partial charge in [0.1, 0.15) is 0 Å². The number of rotatable bonds is 7. The summed E-state index contributed by atoms with van der Waals surface area (Å²) in [6.45, 7) is 5.26. The molecule has 1 atom stereocenters. The average molecular weight is 273 g/mol. The molecular weight excluding hydrogens is 252 g/mol. The number of benzene rings is 1. The zero-order valence-corrected chi connectivity index (χ0v) is 11.6. The van der Waals surface area contributed by atoms with Crippen molar-refractivity contribution in [1.29, 1.82) is 0 Å². The van der Waals surface area contributed by atoms with Crippen LogP contribution < -0.4 is 0 Å². The lowest BCUT2D eigenvalue weighted by atomic mass is 10.1. The molecule has 0 heterocycles. The Morgan fingerprint density at radius 3 is 2.63 bits per heavy atom. The first kappa shape index (κ1) is 16.0. The van der Waals surface area contributed by atoms with E-state index in [4.69, 9.17) is 4.74 Å². The number of hydrogen-bond acceptors (Lipinski definition) is 3. The lowest BCUT2D eigenvalue weighted by Crippen LogP contribution is -2.29. The van der Waals surface area contributed by atoms with Crippen LogP contribution in [0.3, 0.4) is 0 Å². The Hall–Kier alpha value is -1.04. The van der Waals surface area contributed by atoms with Crippen molar-refractivity contribution in [3.05, 3.63) is 35.4 Å². The number of likely N-dealkylation sites (N-methyl/N-ethyl adjacent to an activating group) is 1. The first-order chi connectivity index (χ1) is 8.91. The summed E-state index contributed by atoms with van der Waals surface area (Å²) in [4.78, 5) is 1.82. The highest BCUT2D eigenvalue weighted by Gasteiger charge is 2.17. The fraction of sp³-hybridized carbons (Fsp3) is 0.571. The van der Waals surface area contributed by atoms with Crippen LogP contribution in [0.2, 0.25) is 0 Å². The summed E-state index contributed by atoms with van der Waals surface area (Å²) in [6, 6.07) is 3.81. The number of halogens is 2. The second-order valence-corrected chi connectivity index (χ2v) is 4.84. The van der Waals surface area contributed by atoms with E-state index in [-0.39, 0.29) is 18.2 Å². The number of aliphatic hydroxyl groups is 1. The summed E-state index contributed by atoms with van der Waals surface area (Å²) >= 11 is 0. The molecule has 0 aliphatic rings. The predicted molar refractivity (Wildman–Crippen MR) is 69.9 cm³/mol. The third-order valence-electron chi connectivity index (χ3n) is 2.75. The van der Waals surface area contributed by atoms with Crippen LogP contribution in [0.5, 0.6) is 0 Å². The van der Waals surface area contributed by atoms with E-state index in [1.165, 1.54) is 12.1 Å². The number of nitrogens with zero attached hydrogens (tertiary/aromatic N) is 1. The Labute approximate surface area is 112 Å². The molecule has 1 aromatic carbocycles. The molecule has 0 saturated carbocycles. The van der Waals surface area contributed by atoms with Crippen LogP contribution in [0.25, 0.3) is 0 Å². The van der Waals surface area contributed by atoms with E-state index in [1.807, 2.05) is 18.7 Å². The highest BCUT2D eigenvalue weighted by molar-refractivity contribution is 5.21. The standard InChI is InChI=1S/C14H21F2NO2/c1-10(2)19-8-7-17(3)9-13(18)11-5-4-6-12(15)14(11)16/h4-6,10,13,18H,7-9H2,1-3H3. The van der Waals surface area contributed by atoms with Crippen LogP contribution >= 0.6 is 0 Å². The smallest absolute Gasteiger partial charge is 0.164 e. The topological polar surface area (TPSA) is 32.7 Å². The summed E-state index contributed by atoms with van der Waals surface area (Å²) in [5.74, 6) is -1.93. The van der Waals surface area contributed by atoms with Crippen molar-refractivity contribution < 1.29 is 18.6 Å². The van der Waals surface area contributed by atoms with Gasteiger partial charge in [-0.1, -0.05) is 12.1 Å². The van der Waals surface area contributed by atoms with Gasteiger partial charge in [-0.05, 0) is 27.0 Å². The van der Waals surface area contributed by atoms with E-state index in [1.54, 1.807) is 7.05 Å². The normalized spacial score (nSPS) is 13.3. The molecule has 1 rings (SSSR count). The van der Waals surface area contributed by atoms with Crippen LogP contribution in [0.15, 0.2) is 18.2 Å². The van der Waals surface area contributed by atoms with Gasteiger partial charge in [0.05, 0.1) is 18.8 Å². The van der Waals surface area contributed by atoms with E-state index in [2.05, 4.69) is 0 Å². The van der Waals surface area contributed by atoms with E-state index < -0.39 is 17.7 Å². The molecule has 108 valence electrons. The van der Waals surface area contributed by atoms with Gasteiger partial charge in [-0.2, -0.15) is 0 Å².